The van der Waals surface area contributed by atoms with Crippen molar-refractivity contribution in [3.05, 3.63) is 29.0 Å². The maximum Gasteiger partial charge on any atom is 0.0621 e. The Balaban J connectivity index is 1.97. The molecule has 1 fully saturated rings. The van der Waals surface area contributed by atoms with Crippen LogP contribution in [0, 0.1) is 11.8 Å². The van der Waals surface area contributed by atoms with Crippen LogP contribution in [0.4, 0.5) is 0 Å². The molecule has 0 radical (unpaired) electrons. The molecule has 0 aliphatic heterocycles. The quantitative estimate of drug-likeness (QED) is 0.879. The first kappa shape index (κ1) is 14.8. The van der Waals surface area contributed by atoms with Gasteiger partial charge in [0.05, 0.1) is 5.02 Å². The summed E-state index contributed by atoms with van der Waals surface area (Å²) in [4.78, 5) is 4.07. The fourth-order valence-corrected chi connectivity index (χ4v) is 3.26. The first-order valence-electron chi connectivity index (χ1n) is 7.48. The van der Waals surface area contributed by atoms with E-state index >= 15 is 0 Å². The third-order valence-electron chi connectivity index (χ3n) is 4.19. The predicted molar refractivity (Wildman–Crippen MR) is 81.5 cm³/mol. The Bertz CT molecular complexity index is 392. The molecule has 1 aliphatic rings. The molecule has 1 aromatic rings. The van der Waals surface area contributed by atoms with Gasteiger partial charge in [0, 0.05) is 18.4 Å². The van der Waals surface area contributed by atoms with Crippen LogP contribution in [-0.2, 0) is 6.42 Å². The van der Waals surface area contributed by atoms with E-state index in [9.17, 15) is 0 Å². The molecule has 2 unspecified atom stereocenters. The summed E-state index contributed by atoms with van der Waals surface area (Å²) in [5.74, 6) is 1.56. The lowest BCUT2D eigenvalue weighted by atomic mass is 9.76. The molecule has 2 rings (SSSR count). The second-order valence-corrected chi connectivity index (χ2v) is 6.45. The summed E-state index contributed by atoms with van der Waals surface area (Å²) in [6.07, 6.45) is 10.2. The Hall–Kier alpha value is -0.600. The molecule has 1 saturated carbocycles. The highest BCUT2D eigenvalue weighted by atomic mass is 35.5. The normalized spacial score (nSPS) is 23.8. The van der Waals surface area contributed by atoms with Gasteiger partial charge in [-0.05, 0) is 49.3 Å². The van der Waals surface area contributed by atoms with E-state index in [0.29, 0.717) is 6.04 Å². The van der Waals surface area contributed by atoms with E-state index in [1.54, 1.807) is 6.20 Å². The van der Waals surface area contributed by atoms with Crippen molar-refractivity contribution in [2.45, 2.75) is 52.0 Å². The second kappa shape index (κ2) is 7.25. The number of nitrogens with one attached hydrogen (secondary N) is 1. The molecule has 3 heteroatoms. The van der Waals surface area contributed by atoms with Crippen molar-refractivity contribution in [3.63, 3.8) is 0 Å². The van der Waals surface area contributed by atoms with E-state index in [1.165, 1.54) is 31.2 Å². The van der Waals surface area contributed by atoms with Gasteiger partial charge in [0.25, 0.3) is 0 Å². The smallest absolute Gasteiger partial charge is 0.0621 e. The summed E-state index contributed by atoms with van der Waals surface area (Å²) in [7, 11) is 0. The lowest BCUT2D eigenvalue weighted by molar-refractivity contribution is 0.224. The summed E-state index contributed by atoms with van der Waals surface area (Å²) in [6, 6.07) is 2.65. The molecule has 19 heavy (non-hydrogen) atoms. The molecule has 0 aromatic carbocycles. The third kappa shape index (κ3) is 4.47. The molecule has 106 valence electrons. The number of hydrogen-bond acceptors (Lipinski definition) is 2. The highest BCUT2D eigenvalue weighted by Gasteiger charge is 2.25. The van der Waals surface area contributed by atoms with Crippen LogP contribution in [0.2, 0.25) is 5.02 Å². The second-order valence-electron chi connectivity index (χ2n) is 6.04. The Kier molecular flexibility index (Phi) is 5.65. The molecule has 0 spiro atoms. The summed E-state index contributed by atoms with van der Waals surface area (Å²) in [5.41, 5.74) is 1.26. The van der Waals surface area contributed by atoms with E-state index in [-0.39, 0.29) is 0 Å². The highest BCUT2D eigenvalue weighted by Crippen LogP contribution is 2.33. The number of nitrogens with zero attached hydrogens (tertiary/aromatic N) is 1. The summed E-state index contributed by atoms with van der Waals surface area (Å²) < 4.78 is 0. The molecule has 0 saturated heterocycles. The highest BCUT2D eigenvalue weighted by molar-refractivity contribution is 6.31. The summed E-state index contributed by atoms with van der Waals surface area (Å²) in [6.45, 7) is 5.58. The van der Waals surface area contributed by atoms with Gasteiger partial charge in [-0.3, -0.25) is 4.98 Å². The number of halogens is 1. The number of hydrogen-bond donors (Lipinski definition) is 1. The standard InChI is InChI=1S/C16H25ClN2/c1-12(2)19-10-15-6-4-3-5-13(15)9-14-7-8-18-11-16(14)17/h7-8,11-13,15,19H,3-6,9-10H2,1-2H3. The van der Waals surface area contributed by atoms with Gasteiger partial charge in [-0.1, -0.05) is 38.3 Å². The Morgan fingerprint density at radius 3 is 2.74 bits per heavy atom. The maximum atomic E-state index is 6.24. The fraction of sp³-hybridized carbons (Fsp3) is 0.688. The minimum atomic E-state index is 0.576. The van der Waals surface area contributed by atoms with Gasteiger partial charge in [0.15, 0.2) is 0 Å². The molecule has 0 bridgehead atoms. The molecular weight excluding hydrogens is 256 g/mol. The Morgan fingerprint density at radius 1 is 1.32 bits per heavy atom. The molecule has 2 atom stereocenters. The van der Waals surface area contributed by atoms with E-state index < -0.39 is 0 Å². The lowest BCUT2D eigenvalue weighted by Gasteiger charge is -2.32. The van der Waals surface area contributed by atoms with Gasteiger partial charge in [-0.2, -0.15) is 0 Å². The molecule has 1 aliphatic carbocycles. The van der Waals surface area contributed by atoms with Gasteiger partial charge in [-0.15, -0.1) is 0 Å². The molecule has 0 amide bonds. The van der Waals surface area contributed by atoms with Gasteiger partial charge < -0.3 is 5.32 Å². The van der Waals surface area contributed by atoms with Crippen LogP contribution in [0.3, 0.4) is 0 Å². The fourth-order valence-electron chi connectivity index (χ4n) is 3.06. The van der Waals surface area contributed by atoms with Crippen molar-refractivity contribution in [2.24, 2.45) is 11.8 Å². The predicted octanol–water partition coefficient (Wildman–Crippen LogP) is 4.08. The van der Waals surface area contributed by atoms with Gasteiger partial charge >= 0.3 is 0 Å². The summed E-state index contributed by atoms with van der Waals surface area (Å²) in [5, 5.41) is 4.42. The average Bonchev–Trinajstić information content (AvgIpc) is 2.40. The Labute approximate surface area is 122 Å². The molecule has 1 heterocycles. The van der Waals surface area contributed by atoms with Crippen LogP contribution < -0.4 is 5.32 Å². The van der Waals surface area contributed by atoms with Crippen molar-refractivity contribution >= 4 is 11.6 Å². The van der Waals surface area contributed by atoms with Crippen LogP contribution in [-0.4, -0.2) is 17.6 Å². The van der Waals surface area contributed by atoms with E-state index in [0.717, 1.165) is 29.8 Å². The van der Waals surface area contributed by atoms with Crippen LogP contribution in [0.15, 0.2) is 18.5 Å². The lowest BCUT2D eigenvalue weighted by Crippen LogP contribution is -2.35. The third-order valence-corrected chi connectivity index (χ3v) is 4.53. The minimum Gasteiger partial charge on any atom is -0.314 e. The van der Waals surface area contributed by atoms with Crippen LogP contribution in [0.25, 0.3) is 0 Å². The Morgan fingerprint density at radius 2 is 2.05 bits per heavy atom. The van der Waals surface area contributed by atoms with E-state index in [1.807, 2.05) is 6.20 Å². The maximum absolute atomic E-state index is 6.24. The first-order chi connectivity index (χ1) is 9.16. The average molecular weight is 281 g/mol. The zero-order valence-electron chi connectivity index (χ0n) is 12.0. The molecule has 1 aromatic heterocycles. The largest absolute Gasteiger partial charge is 0.314 e. The zero-order valence-corrected chi connectivity index (χ0v) is 12.8. The van der Waals surface area contributed by atoms with Crippen molar-refractivity contribution in [1.82, 2.24) is 10.3 Å². The van der Waals surface area contributed by atoms with Gasteiger partial charge in [-0.25, -0.2) is 0 Å². The topological polar surface area (TPSA) is 24.9 Å². The van der Waals surface area contributed by atoms with E-state index in [2.05, 4.69) is 30.2 Å². The van der Waals surface area contributed by atoms with Crippen molar-refractivity contribution in [2.75, 3.05) is 6.54 Å². The summed E-state index contributed by atoms with van der Waals surface area (Å²) >= 11 is 6.24. The molecule has 2 nitrogen and oxygen atoms in total. The minimum absolute atomic E-state index is 0.576. The van der Waals surface area contributed by atoms with Crippen molar-refractivity contribution < 1.29 is 0 Å². The molecule has 1 N–H and O–H groups in total. The number of pyridine rings is 1. The number of aromatic nitrogens is 1. The first-order valence-corrected chi connectivity index (χ1v) is 7.86. The van der Waals surface area contributed by atoms with Crippen molar-refractivity contribution in [1.29, 1.82) is 0 Å². The van der Waals surface area contributed by atoms with Gasteiger partial charge in [0.2, 0.25) is 0 Å². The van der Waals surface area contributed by atoms with Crippen molar-refractivity contribution in [3.8, 4) is 0 Å². The number of rotatable bonds is 5. The van der Waals surface area contributed by atoms with Crippen LogP contribution in [0.1, 0.15) is 45.1 Å². The van der Waals surface area contributed by atoms with Crippen LogP contribution in [0.5, 0.6) is 0 Å². The van der Waals surface area contributed by atoms with Crippen LogP contribution >= 0.6 is 11.6 Å². The monoisotopic (exact) mass is 280 g/mol. The zero-order chi connectivity index (χ0) is 13.7. The van der Waals surface area contributed by atoms with E-state index in [4.69, 9.17) is 11.6 Å². The molecular formula is C16H25ClN2. The SMILES string of the molecule is CC(C)NCC1CCCCC1Cc1ccncc1Cl. The van der Waals surface area contributed by atoms with Gasteiger partial charge in [0.1, 0.15) is 0 Å².